The van der Waals surface area contributed by atoms with Gasteiger partial charge >= 0.3 is 0 Å². The molecule has 0 saturated carbocycles. The van der Waals surface area contributed by atoms with Crippen LogP contribution >= 0.6 is 0 Å². The molecule has 0 bridgehead atoms. The Morgan fingerprint density at radius 1 is 0.418 bits per heavy atom. The minimum Gasteiger partial charge on any atom is -0.436 e. The molecule has 12 aromatic rings. The van der Waals surface area contributed by atoms with Gasteiger partial charge in [-0.1, -0.05) is 109 Å². The molecule has 0 radical (unpaired) electrons. The number of fused-ring (bicyclic) bond motifs is 11. The summed E-state index contributed by atoms with van der Waals surface area (Å²) in [4.78, 5) is 9.92. The molecule has 0 unspecified atom stereocenters. The van der Waals surface area contributed by atoms with Gasteiger partial charge in [-0.3, -0.25) is 0 Å². The van der Waals surface area contributed by atoms with Crippen LogP contribution in [0.1, 0.15) is 0 Å². The predicted octanol–water partition coefficient (Wildman–Crippen LogP) is 13.1. The predicted molar refractivity (Wildman–Crippen MR) is 226 cm³/mol. The van der Waals surface area contributed by atoms with Crippen LogP contribution in [-0.4, -0.2) is 19.1 Å². The molecule has 5 nitrogen and oxygen atoms in total. The fourth-order valence-corrected chi connectivity index (χ4v) is 8.68. The maximum atomic E-state index is 6.15. The lowest BCUT2D eigenvalue weighted by atomic mass is 10.0. The number of benzene rings is 8. The van der Waals surface area contributed by atoms with E-state index >= 15 is 0 Å². The molecule has 0 aliphatic rings. The molecule has 0 atom stereocenters. The molecule has 0 aliphatic carbocycles. The molecule has 12 rings (SSSR count). The second-order valence-corrected chi connectivity index (χ2v) is 14.2. The molecule has 0 fully saturated rings. The maximum Gasteiger partial charge on any atom is 0.246 e. The van der Waals surface area contributed by atoms with Gasteiger partial charge in [0, 0.05) is 38.5 Å². The fourth-order valence-electron chi connectivity index (χ4n) is 8.68. The number of rotatable bonds is 4. The van der Waals surface area contributed by atoms with Gasteiger partial charge < -0.3 is 13.6 Å². The van der Waals surface area contributed by atoms with Crippen molar-refractivity contribution in [3.8, 4) is 33.8 Å². The van der Waals surface area contributed by atoms with E-state index in [9.17, 15) is 0 Å². The van der Waals surface area contributed by atoms with Gasteiger partial charge in [-0.25, -0.2) is 9.97 Å². The van der Waals surface area contributed by atoms with Crippen molar-refractivity contribution in [2.24, 2.45) is 0 Å². The smallest absolute Gasteiger partial charge is 0.246 e. The highest BCUT2D eigenvalue weighted by Gasteiger charge is 2.18. The second-order valence-electron chi connectivity index (χ2n) is 14.2. The van der Waals surface area contributed by atoms with Crippen molar-refractivity contribution in [3.05, 3.63) is 182 Å². The highest BCUT2D eigenvalue weighted by molar-refractivity contribution is 6.17. The van der Waals surface area contributed by atoms with E-state index in [1.807, 2.05) is 12.3 Å². The topological polar surface area (TPSA) is 48.8 Å². The molecule has 0 saturated heterocycles. The quantitative estimate of drug-likeness (QED) is 0.183. The number of hydrogen-bond acceptors (Lipinski definition) is 3. The SMILES string of the molecule is c1ccc(-n2c3ccccc3c3cc(-c4ccc5c(c4)c4ccccc4n5-c4cccc(-c5cnc6oc7ccc8ccccc8c7c6n5)c4)ccc32)cc1. The van der Waals surface area contributed by atoms with Gasteiger partial charge in [-0.15, -0.1) is 0 Å². The minimum absolute atomic E-state index is 0.547. The third-order valence-electron chi connectivity index (χ3n) is 11.2. The third kappa shape index (κ3) is 4.47. The first-order valence-corrected chi connectivity index (χ1v) is 18.6. The summed E-state index contributed by atoms with van der Waals surface area (Å²) >= 11 is 0. The highest BCUT2D eigenvalue weighted by atomic mass is 16.3. The maximum absolute atomic E-state index is 6.15. The summed E-state index contributed by atoms with van der Waals surface area (Å²) in [6, 6.07) is 62.8. The summed E-state index contributed by atoms with van der Waals surface area (Å²) in [6.45, 7) is 0. The first-order chi connectivity index (χ1) is 27.3. The molecule has 5 heteroatoms. The molecular formula is C50H30N4O. The largest absolute Gasteiger partial charge is 0.436 e. The van der Waals surface area contributed by atoms with E-state index in [2.05, 4.69) is 179 Å². The van der Waals surface area contributed by atoms with Gasteiger partial charge in [0.15, 0.2) is 0 Å². The Labute approximate surface area is 315 Å². The van der Waals surface area contributed by atoms with E-state index in [1.54, 1.807) is 0 Å². The van der Waals surface area contributed by atoms with Crippen LogP contribution in [0.2, 0.25) is 0 Å². The van der Waals surface area contributed by atoms with Gasteiger partial charge in [-0.05, 0) is 88.6 Å². The van der Waals surface area contributed by atoms with Crippen LogP contribution in [0.15, 0.2) is 187 Å². The zero-order valence-electron chi connectivity index (χ0n) is 29.5. The number of aromatic nitrogens is 4. The first kappa shape index (κ1) is 30.0. The van der Waals surface area contributed by atoms with Crippen LogP contribution in [0.25, 0.3) is 110 Å². The van der Waals surface area contributed by atoms with Crippen molar-refractivity contribution in [1.82, 2.24) is 19.1 Å². The molecular weight excluding hydrogens is 673 g/mol. The van der Waals surface area contributed by atoms with Crippen LogP contribution in [0.3, 0.4) is 0 Å². The molecule has 8 aromatic carbocycles. The molecule has 0 amide bonds. The summed E-state index contributed by atoms with van der Waals surface area (Å²) in [5.74, 6) is 0. The van der Waals surface area contributed by atoms with E-state index < -0.39 is 0 Å². The van der Waals surface area contributed by atoms with E-state index in [0.717, 1.165) is 60.9 Å². The summed E-state index contributed by atoms with van der Waals surface area (Å²) < 4.78 is 10.9. The van der Waals surface area contributed by atoms with Crippen LogP contribution < -0.4 is 0 Å². The lowest BCUT2D eigenvalue weighted by molar-refractivity contribution is 0.653. The van der Waals surface area contributed by atoms with Gasteiger partial charge in [0.25, 0.3) is 0 Å². The average Bonchev–Trinajstić information content (AvgIpc) is 3.91. The van der Waals surface area contributed by atoms with Crippen LogP contribution in [0, 0.1) is 0 Å². The van der Waals surface area contributed by atoms with Crippen molar-refractivity contribution >= 4 is 76.6 Å². The van der Waals surface area contributed by atoms with Crippen molar-refractivity contribution in [1.29, 1.82) is 0 Å². The summed E-state index contributed by atoms with van der Waals surface area (Å²) in [5, 5.41) is 8.18. The molecule has 0 N–H and O–H groups in total. The Bertz CT molecular complexity index is 3500. The number of hydrogen-bond donors (Lipinski definition) is 0. The summed E-state index contributed by atoms with van der Waals surface area (Å²) in [7, 11) is 0. The number of nitrogens with zero attached hydrogens (tertiary/aromatic N) is 4. The monoisotopic (exact) mass is 702 g/mol. The van der Waals surface area contributed by atoms with Crippen LogP contribution in [0.4, 0.5) is 0 Å². The normalized spacial score (nSPS) is 12.0. The minimum atomic E-state index is 0.547. The zero-order valence-corrected chi connectivity index (χ0v) is 29.5. The van der Waals surface area contributed by atoms with E-state index in [4.69, 9.17) is 14.4 Å². The van der Waals surface area contributed by atoms with Crippen molar-refractivity contribution in [2.75, 3.05) is 0 Å². The number of furan rings is 1. The van der Waals surface area contributed by atoms with Gasteiger partial charge in [0.1, 0.15) is 11.1 Å². The van der Waals surface area contributed by atoms with Crippen LogP contribution in [-0.2, 0) is 0 Å². The van der Waals surface area contributed by atoms with Crippen LogP contribution in [0.5, 0.6) is 0 Å². The zero-order chi connectivity index (χ0) is 36.0. The van der Waals surface area contributed by atoms with Gasteiger partial charge in [0.05, 0.1) is 39.3 Å². The van der Waals surface area contributed by atoms with Gasteiger partial charge in [0.2, 0.25) is 5.71 Å². The van der Waals surface area contributed by atoms with E-state index in [0.29, 0.717) is 5.71 Å². The molecule has 4 heterocycles. The Morgan fingerprint density at radius 3 is 1.75 bits per heavy atom. The molecule has 0 spiro atoms. The highest BCUT2D eigenvalue weighted by Crippen LogP contribution is 2.39. The Kier molecular flexibility index (Phi) is 6.27. The van der Waals surface area contributed by atoms with E-state index in [-0.39, 0.29) is 0 Å². The Hall–Kier alpha value is -7.50. The van der Waals surface area contributed by atoms with Gasteiger partial charge in [-0.2, -0.15) is 0 Å². The standard InChI is InChI=1S/C50H30N4O/c1-2-13-35(14-3-1)53-43-19-8-6-17-38(43)40-28-32(21-24-45(40)53)33-22-25-46-41(29-33)39-18-7-9-20-44(39)54(46)36-15-10-12-34(27-36)42-30-51-50-49(52-42)48-37-16-5-4-11-31(37)23-26-47(48)55-50/h1-30H. The molecule has 55 heavy (non-hydrogen) atoms. The van der Waals surface area contributed by atoms with Crippen molar-refractivity contribution < 1.29 is 4.42 Å². The second kappa shape index (κ2) is 11.5. The first-order valence-electron chi connectivity index (χ1n) is 18.6. The Morgan fingerprint density at radius 2 is 1.02 bits per heavy atom. The molecule has 4 aromatic heterocycles. The summed E-state index contributed by atoms with van der Waals surface area (Å²) in [6.07, 6.45) is 1.82. The van der Waals surface area contributed by atoms with Crippen molar-refractivity contribution in [3.63, 3.8) is 0 Å². The molecule has 256 valence electrons. The number of para-hydroxylation sites is 3. The fraction of sp³-hybridized carbons (Fsp3) is 0. The summed E-state index contributed by atoms with van der Waals surface area (Å²) in [5.41, 5.74) is 13.2. The lowest BCUT2D eigenvalue weighted by Gasteiger charge is -2.11. The average molecular weight is 703 g/mol. The third-order valence-corrected chi connectivity index (χ3v) is 11.2. The Balaban J connectivity index is 0.997. The lowest BCUT2D eigenvalue weighted by Crippen LogP contribution is -1.95. The van der Waals surface area contributed by atoms with Crippen molar-refractivity contribution in [2.45, 2.75) is 0 Å². The van der Waals surface area contributed by atoms with E-state index in [1.165, 1.54) is 43.7 Å². The molecule has 0 aliphatic heterocycles.